The summed E-state index contributed by atoms with van der Waals surface area (Å²) < 4.78 is 17.0. The van der Waals surface area contributed by atoms with Gasteiger partial charge in [-0.05, 0) is 76.9 Å². The number of nitrogens with zero attached hydrogens (tertiary/aromatic N) is 1. The first-order valence-electron chi connectivity index (χ1n) is 11.0. The highest BCUT2D eigenvalue weighted by Gasteiger charge is 2.47. The minimum Gasteiger partial charge on any atom is -0.507 e. The van der Waals surface area contributed by atoms with Crippen LogP contribution in [0.4, 0.5) is 5.69 Å². The van der Waals surface area contributed by atoms with E-state index in [9.17, 15) is 14.7 Å². The third-order valence-electron chi connectivity index (χ3n) is 5.76. The van der Waals surface area contributed by atoms with Crippen molar-refractivity contribution in [1.82, 2.24) is 0 Å². The van der Waals surface area contributed by atoms with Crippen molar-refractivity contribution < 1.29 is 28.9 Å². The van der Waals surface area contributed by atoms with Crippen LogP contribution >= 0.6 is 27.5 Å². The van der Waals surface area contributed by atoms with Gasteiger partial charge in [-0.25, -0.2) is 0 Å². The highest BCUT2D eigenvalue weighted by atomic mass is 79.9. The molecule has 0 saturated carbocycles. The first kappa shape index (κ1) is 25.6. The molecule has 1 unspecified atom stereocenters. The van der Waals surface area contributed by atoms with Crippen molar-refractivity contribution in [3.63, 3.8) is 0 Å². The van der Waals surface area contributed by atoms with Crippen LogP contribution in [-0.4, -0.2) is 37.6 Å². The second-order valence-electron chi connectivity index (χ2n) is 7.84. The molecule has 1 amide bonds. The summed E-state index contributed by atoms with van der Waals surface area (Å²) in [4.78, 5) is 28.1. The van der Waals surface area contributed by atoms with E-state index in [0.717, 1.165) is 0 Å². The molecule has 186 valence electrons. The zero-order chi connectivity index (χ0) is 26.0. The van der Waals surface area contributed by atoms with Gasteiger partial charge in [0.2, 0.25) is 0 Å². The monoisotopic (exact) mass is 571 g/mol. The van der Waals surface area contributed by atoms with Crippen LogP contribution in [0.1, 0.15) is 24.1 Å². The van der Waals surface area contributed by atoms with Crippen LogP contribution in [0, 0.1) is 0 Å². The average molecular weight is 573 g/mol. The number of methoxy groups -OCH3 is 2. The van der Waals surface area contributed by atoms with Crippen molar-refractivity contribution in [2.45, 2.75) is 13.0 Å². The number of ketones is 1. The molecule has 7 nitrogen and oxygen atoms in total. The lowest BCUT2D eigenvalue weighted by atomic mass is 9.94. The van der Waals surface area contributed by atoms with Crippen LogP contribution in [0.2, 0.25) is 5.02 Å². The average Bonchev–Trinajstić information content (AvgIpc) is 3.14. The molecular formula is C27H23BrClNO6. The summed E-state index contributed by atoms with van der Waals surface area (Å²) in [6, 6.07) is 15.7. The number of benzene rings is 3. The van der Waals surface area contributed by atoms with Gasteiger partial charge >= 0.3 is 0 Å². The fourth-order valence-electron chi connectivity index (χ4n) is 4.14. The Labute approximate surface area is 222 Å². The van der Waals surface area contributed by atoms with Gasteiger partial charge in [0, 0.05) is 16.3 Å². The lowest BCUT2D eigenvalue weighted by Crippen LogP contribution is -2.29. The summed E-state index contributed by atoms with van der Waals surface area (Å²) in [7, 11) is 3.05. The Morgan fingerprint density at radius 3 is 2.36 bits per heavy atom. The van der Waals surface area contributed by atoms with E-state index in [1.807, 2.05) is 6.92 Å². The van der Waals surface area contributed by atoms with Gasteiger partial charge in [0.25, 0.3) is 11.7 Å². The molecule has 3 aromatic carbocycles. The zero-order valence-corrected chi connectivity index (χ0v) is 22.1. The smallest absolute Gasteiger partial charge is 0.300 e. The van der Waals surface area contributed by atoms with E-state index in [4.69, 9.17) is 25.8 Å². The predicted molar refractivity (Wildman–Crippen MR) is 141 cm³/mol. The quantitative estimate of drug-likeness (QED) is 0.208. The van der Waals surface area contributed by atoms with E-state index < -0.39 is 17.7 Å². The van der Waals surface area contributed by atoms with Gasteiger partial charge in [-0.2, -0.15) is 0 Å². The minimum absolute atomic E-state index is 0.0651. The van der Waals surface area contributed by atoms with Crippen molar-refractivity contribution >= 4 is 50.7 Å². The Kier molecular flexibility index (Phi) is 7.56. The largest absolute Gasteiger partial charge is 0.507 e. The number of carbonyl (C=O) groups is 2. The first-order chi connectivity index (χ1) is 17.3. The number of aliphatic hydroxyl groups is 1. The third kappa shape index (κ3) is 4.66. The molecule has 0 bridgehead atoms. The second-order valence-corrected chi connectivity index (χ2v) is 9.13. The van der Waals surface area contributed by atoms with Gasteiger partial charge in [0.15, 0.2) is 11.5 Å². The molecule has 0 aliphatic carbocycles. The summed E-state index contributed by atoms with van der Waals surface area (Å²) in [5, 5.41) is 11.8. The highest BCUT2D eigenvalue weighted by Crippen LogP contribution is 2.45. The number of hydrogen-bond donors (Lipinski definition) is 1. The Hall–Kier alpha value is -3.49. The lowest BCUT2D eigenvalue weighted by Gasteiger charge is -2.26. The van der Waals surface area contributed by atoms with Gasteiger partial charge in [-0.3, -0.25) is 14.5 Å². The number of hydrogen-bond acceptors (Lipinski definition) is 6. The standard InChI is InChI=1S/C27H23BrClNO6/c1-4-36-22-13-15(8-11-21(22)35-3)24-23(25(31)16-9-10-20(34-2)19(28)12-16)26(32)27(33)30(24)18-7-5-6-17(29)14-18/h5-14,24,31H,4H2,1-3H3/b25-23-. The Morgan fingerprint density at radius 1 is 1.00 bits per heavy atom. The lowest BCUT2D eigenvalue weighted by molar-refractivity contribution is -0.132. The van der Waals surface area contributed by atoms with E-state index in [1.165, 1.54) is 19.1 Å². The van der Waals surface area contributed by atoms with Gasteiger partial charge in [0.1, 0.15) is 11.5 Å². The van der Waals surface area contributed by atoms with Crippen molar-refractivity contribution in [3.05, 3.63) is 86.9 Å². The van der Waals surface area contributed by atoms with Crippen LogP contribution in [0.25, 0.3) is 5.76 Å². The van der Waals surface area contributed by atoms with Crippen molar-refractivity contribution in [2.75, 3.05) is 25.7 Å². The van der Waals surface area contributed by atoms with Crippen molar-refractivity contribution in [3.8, 4) is 17.2 Å². The number of ether oxygens (including phenoxy) is 3. The number of halogens is 2. The maximum atomic E-state index is 13.4. The van der Waals surface area contributed by atoms with Crippen LogP contribution in [0.3, 0.4) is 0 Å². The summed E-state index contributed by atoms with van der Waals surface area (Å²) in [5.74, 6) is -0.428. The van der Waals surface area contributed by atoms with Crippen molar-refractivity contribution in [2.24, 2.45) is 0 Å². The Morgan fingerprint density at radius 2 is 1.72 bits per heavy atom. The first-order valence-corrected chi connectivity index (χ1v) is 12.2. The SMILES string of the molecule is CCOc1cc(C2/C(=C(/O)c3ccc(OC)c(Br)c3)C(=O)C(=O)N2c2cccc(Cl)c2)ccc1OC. The number of amides is 1. The predicted octanol–water partition coefficient (Wildman–Crippen LogP) is 6.14. The second kappa shape index (κ2) is 10.6. The van der Waals surface area contributed by atoms with Gasteiger partial charge in [-0.15, -0.1) is 0 Å². The fourth-order valence-corrected chi connectivity index (χ4v) is 4.87. The molecule has 4 rings (SSSR count). The summed E-state index contributed by atoms with van der Waals surface area (Å²) in [6.07, 6.45) is 0. The molecule has 0 radical (unpaired) electrons. The molecule has 1 heterocycles. The summed E-state index contributed by atoms with van der Waals surface area (Å²) in [5.41, 5.74) is 1.24. The molecular weight excluding hydrogens is 550 g/mol. The molecule has 1 saturated heterocycles. The van der Waals surface area contributed by atoms with E-state index in [0.29, 0.717) is 50.2 Å². The number of carbonyl (C=O) groups excluding carboxylic acids is 2. The van der Waals surface area contributed by atoms with Crippen molar-refractivity contribution in [1.29, 1.82) is 0 Å². The van der Waals surface area contributed by atoms with E-state index in [1.54, 1.807) is 60.7 Å². The molecule has 36 heavy (non-hydrogen) atoms. The molecule has 3 aromatic rings. The molecule has 1 aliphatic heterocycles. The number of aliphatic hydroxyl groups excluding tert-OH is 1. The van der Waals surface area contributed by atoms with Gasteiger partial charge in [-0.1, -0.05) is 23.7 Å². The topological polar surface area (TPSA) is 85.3 Å². The van der Waals surface area contributed by atoms with Gasteiger partial charge in [0.05, 0.1) is 36.9 Å². The van der Waals surface area contributed by atoms with E-state index in [2.05, 4.69) is 15.9 Å². The Balaban J connectivity index is 1.97. The molecule has 0 spiro atoms. The molecule has 9 heteroatoms. The van der Waals surface area contributed by atoms with E-state index >= 15 is 0 Å². The van der Waals surface area contributed by atoms with Crippen LogP contribution < -0.4 is 19.1 Å². The fraction of sp³-hybridized carbons (Fsp3) is 0.185. The number of anilines is 1. The molecule has 1 aliphatic rings. The zero-order valence-electron chi connectivity index (χ0n) is 19.7. The van der Waals surface area contributed by atoms with Crippen LogP contribution in [0.5, 0.6) is 17.2 Å². The van der Waals surface area contributed by atoms with Gasteiger partial charge < -0.3 is 19.3 Å². The normalized spacial score (nSPS) is 16.8. The maximum absolute atomic E-state index is 13.4. The summed E-state index contributed by atoms with van der Waals surface area (Å²) >= 11 is 9.61. The minimum atomic E-state index is -0.950. The maximum Gasteiger partial charge on any atom is 0.300 e. The molecule has 1 N–H and O–H groups in total. The molecule has 1 atom stereocenters. The Bertz CT molecular complexity index is 1370. The van der Waals surface area contributed by atoms with Crippen LogP contribution in [-0.2, 0) is 9.59 Å². The highest BCUT2D eigenvalue weighted by molar-refractivity contribution is 9.10. The third-order valence-corrected chi connectivity index (χ3v) is 6.61. The molecule has 1 fully saturated rings. The number of Topliss-reactive ketones (excluding diaryl/α,β-unsaturated/α-hetero) is 1. The van der Waals surface area contributed by atoms with Crippen LogP contribution in [0.15, 0.2) is 70.7 Å². The summed E-state index contributed by atoms with van der Waals surface area (Å²) in [6.45, 7) is 2.22. The molecule has 0 aromatic heterocycles. The number of rotatable bonds is 7. The van der Waals surface area contributed by atoms with E-state index in [-0.39, 0.29) is 11.3 Å².